The molecule has 5 nitrogen and oxygen atoms in total. The zero-order valence-electron chi connectivity index (χ0n) is 18.6. The number of rotatable bonds is 9. The highest BCUT2D eigenvalue weighted by Gasteiger charge is 2.24. The number of ether oxygens (including phenoxy) is 2. The zero-order chi connectivity index (χ0) is 23.0. The number of halogens is 2. The van der Waals surface area contributed by atoms with Crippen molar-refractivity contribution in [2.45, 2.75) is 40.0 Å². The second-order valence-corrected chi connectivity index (χ2v) is 7.65. The van der Waals surface area contributed by atoms with Gasteiger partial charge in [-0.1, -0.05) is 31.7 Å². The summed E-state index contributed by atoms with van der Waals surface area (Å²) in [5.41, 5.74) is 9.57. The lowest BCUT2D eigenvalue weighted by Crippen LogP contribution is -2.20. The Balaban J connectivity index is 2.24. The van der Waals surface area contributed by atoms with Crippen LogP contribution in [0.25, 0.3) is 5.76 Å². The molecule has 7 heteroatoms. The number of hydrogen-bond donors (Lipinski definition) is 1. The predicted octanol–water partition coefficient (Wildman–Crippen LogP) is 5.56. The van der Waals surface area contributed by atoms with E-state index in [-0.39, 0.29) is 5.92 Å². The van der Waals surface area contributed by atoms with Crippen LogP contribution in [-0.4, -0.2) is 36.9 Å². The summed E-state index contributed by atoms with van der Waals surface area (Å²) in [6, 6.07) is 1.69. The van der Waals surface area contributed by atoms with Crippen LogP contribution in [0.1, 0.15) is 45.4 Å². The maximum atomic E-state index is 13.3. The van der Waals surface area contributed by atoms with E-state index in [0.717, 1.165) is 18.1 Å². The normalized spacial score (nSPS) is 19.7. The minimum absolute atomic E-state index is 0.0160. The molecule has 1 unspecified atom stereocenters. The van der Waals surface area contributed by atoms with Crippen molar-refractivity contribution in [3.05, 3.63) is 65.2 Å². The summed E-state index contributed by atoms with van der Waals surface area (Å²) < 4.78 is 37.5. The molecule has 0 amide bonds. The number of aromatic nitrogens is 1. The molecule has 1 heterocycles. The number of pyridine rings is 1. The lowest BCUT2D eigenvalue weighted by atomic mass is 9.97. The van der Waals surface area contributed by atoms with Gasteiger partial charge in [-0.05, 0) is 37.5 Å². The van der Waals surface area contributed by atoms with Gasteiger partial charge >= 0.3 is 0 Å². The van der Waals surface area contributed by atoms with Gasteiger partial charge < -0.3 is 15.2 Å². The first-order chi connectivity index (χ1) is 14.6. The van der Waals surface area contributed by atoms with E-state index in [2.05, 4.69) is 16.6 Å². The van der Waals surface area contributed by atoms with Crippen molar-refractivity contribution in [2.75, 3.05) is 25.5 Å². The number of nitrogen functional groups attached to an aromatic ring is 1. The highest BCUT2D eigenvalue weighted by atomic mass is 19.3. The molecule has 0 bridgehead atoms. The van der Waals surface area contributed by atoms with Crippen molar-refractivity contribution in [1.82, 2.24) is 4.98 Å². The standard InChI is InChI=1S/C24H31F2N3O2/c1-6-30-18(4)22-20(21(27)10-11-29-22)14-28-13-19-9-7-8-16(2)23(17(3)12-19)31-15-24(5,25)26/h7,9-12,14,16H,4,6,8,13,15H2,1-3,5H3,(H2,27,29)/b9-7?,19-12?,23-17+,28-14?. The van der Waals surface area contributed by atoms with E-state index in [1.807, 2.05) is 39.0 Å². The van der Waals surface area contributed by atoms with Gasteiger partial charge in [-0.2, -0.15) is 0 Å². The van der Waals surface area contributed by atoms with Crippen LogP contribution in [0.5, 0.6) is 0 Å². The van der Waals surface area contributed by atoms with E-state index in [4.69, 9.17) is 15.2 Å². The van der Waals surface area contributed by atoms with Gasteiger partial charge in [0.05, 0.1) is 13.2 Å². The molecule has 0 saturated heterocycles. The summed E-state index contributed by atoms with van der Waals surface area (Å²) >= 11 is 0. The fraction of sp³-hybridized carbons (Fsp3) is 0.417. The lowest BCUT2D eigenvalue weighted by molar-refractivity contribution is -0.0484. The summed E-state index contributed by atoms with van der Waals surface area (Å²) in [4.78, 5) is 8.83. The topological polar surface area (TPSA) is 69.7 Å². The predicted molar refractivity (Wildman–Crippen MR) is 122 cm³/mol. The maximum Gasteiger partial charge on any atom is 0.278 e. The number of nitrogens with two attached hydrogens (primary N) is 1. The van der Waals surface area contributed by atoms with Gasteiger partial charge in [-0.15, -0.1) is 0 Å². The molecule has 1 aliphatic rings. The molecule has 2 N–H and O–H groups in total. The van der Waals surface area contributed by atoms with Gasteiger partial charge in [-0.25, -0.2) is 8.78 Å². The van der Waals surface area contributed by atoms with E-state index in [1.54, 1.807) is 18.5 Å². The molecule has 31 heavy (non-hydrogen) atoms. The van der Waals surface area contributed by atoms with E-state index in [9.17, 15) is 8.78 Å². The Bertz CT molecular complexity index is 912. The third-order valence-corrected chi connectivity index (χ3v) is 4.64. The molecule has 1 atom stereocenters. The number of alkyl halides is 2. The molecular weight excluding hydrogens is 400 g/mol. The van der Waals surface area contributed by atoms with Crippen molar-refractivity contribution in [3.8, 4) is 0 Å². The van der Waals surface area contributed by atoms with Crippen molar-refractivity contribution in [1.29, 1.82) is 0 Å². The fourth-order valence-electron chi connectivity index (χ4n) is 3.21. The second kappa shape index (κ2) is 10.9. The molecule has 0 radical (unpaired) electrons. The Morgan fingerprint density at radius 1 is 1.45 bits per heavy atom. The first-order valence-corrected chi connectivity index (χ1v) is 10.3. The first-order valence-electron chi connectivity index (χ1n) is 10.3. The SMILES string of the molecule is C=C(OCC)c1nccc(N)c1C=NCC1=C/C(C)=C(/OCC(C)(F)F)C(C)CC=C1. The quantitative estimate of drug-likeness (QED) is 0.411. The maximum absolute atomic E-state index is 13.3. The van der Waals surface area contributed by atoms with Crippen LogP contribution in [-0.2, 0) is 9.47 Å². The van der Waals surface area contributed by atoms with Crippen LogP contribution in [0.2, 0.25) is 0 Å². The Morgan fingerprint density at radius 2 is 2.19 bits per heavy atom. The minimum Gasteiger partial charge on any atom is -0.492 e. The van der Waals surface area contributed by atoms with Crippen molar-refractivity contribution < 1.29 is 18.3 Å². The number of aliphatic imine (C=N–C) groups is 1. The van der Waals surface area contributed by atoms with Crippen molar-refractivity contribution >= 4 is 17.7 Å². The van der Waals surface area contributed by atoms with Crippen LogP contribution in [0.4, 0.5) is 14.5 Å². The summed E-state index contributed by atoms with van der Waals surface area (Å²) in [6.07, 6.45) is 9.87. The van der Waals surface area contributed by atoms with Gasteiger partial charge in [0.1, 0.15) is 17.2 Å². The molecule has 0 aromatic carbocycles. The van der Waals surface area contributed by atoms with Crippen LogP contribution in [0.15, 0.2) is 59.0 Å². The summed E-state index contributed by atoms with van der Waals surface area (Å²) in [5.74, 6) is -1.85. The molecule has 0 fully saturated rings. The van der Waals surface area contributed by atoms with Gasteiger partial charge in [0.25, 0.3) is 5.92 Å². The minimum atomic E-state index is -2.88. The first kappa shape index (κ1) is 24.3. The molecule has 2 rings (SSSR count). The molecule has 0 saturated carbocycles. The lowest BCUT2D eigenvalue weighted by Gasteiger charge is -2.22. The molecule has 0 aliphatic heterocycles. The van der Waals surface area contributed by atoms with Crippen LogP contribution >= 0.6 is 0 Å². The fourth-order valence-corrected chi connectivity index (χ4v) is 3.21. The number of nitrogens with zero attached hydrogens (tertiary/aromatic N) is 2. The Morgan fingerprint density at radius 3 is 2.87 bits per heavy atom. The second-order valence-electron chi connectivity index (χ2n) is 7.65. The van der Waals surface area contributed by atoms with Gasteiger partial charge in [0.2, 0.25) is 0 Å². The Hall–Kier alpha value is -2.96. The van der Waals surface area contributed by atoms with E-state index < -0.39 is 12.5 Å². The smallest absolute Gasteiger partial charge is 0.278 e. The number of hydrogen-bond acceptors (Lipinski definition) is 5. The van der Waals surface area contributed by atoms with Crippen molar-refractivity contribution in [2.24, 2.45) is 10.9 Å². The van der Waals surface area contributed by atoms with Crippen LogP contribution in [0, 0.1) is 5.92 Å². The molecule has 1 aromatic heterocycles. The van der Waals surface area contributed by atoms with Gasteiger partial charge in [0, 0.05) is 36.5 Å². The summed E-state index contributed by atoms with van der Waals surface area (Å²) in [6.45, 7) is 10.7. The average Bonchev–Trinajstić information content (AvgIpc) is 2.67. The Labute approximate surface area is 183 Å². The molecule has 1 aromatic rings. The third kappa shape index (κ3) is 7.35. The highest BCUT2D eigenvalue weighted by molar-refractivity contribution is 5.92. The summed E-state index contributed by atoms with van der Waals surface area (Å²) in [7, 11) is 0. The third-order valence-electron chi connectivity index (χ3n) is 4.64. The van der Waals surface area contributed by atoms with Gasteiger partial charge in [-0.3, -0.25) is 9.98 Å². The molecule has 0 spiro atoms. The number of anilines is 1. The molecule has 168 valence electrons. The van der Waals surface area contributed by atoms with Crippen LogP contribution < -0.4 is 5.73 Å². The highest BCUT2D eigenvalue weighted by Crippen LogP contribution is 2.27. The molecular formula is C24H31F2N3O2. The molecule has 1 aliphatic carbocycles. The monoisotopic (exact) mass is 431 g/mol. The van der Waals surface area contributed by atoms with Gasteiger partial charge in [0.15, 0.2) is 6.61 Å². The Kier molecular flexibility index (Phi) is 8.54. The van der Waals surface area contributed by atoms with E-state index in [0.29, 0.717) is 48.0 Å². The number of allylic oxidation sites excluding steroid dienone is 4. The summed E-state index contributed by atoms with van der Waals surface area (Å²) in [5, 5.41) is 0. The van der Waals surface area contributed by atoms with E-state index >= 15 is 0 Å². The van der Waals surface area contributed by atoms with Crippen LogP contribution in [0.3, 0.4) is 0 Å². The zero-order valence-corrected chi connectivity index (χ0v) is 18.6. The van der Waals surface area contributed by atoms with Crippen molar-refractivity contribution in [3.63, 3.8) is 0 Å². The van der Waals surface area contributed by atoms with E-state index in [1.165, 1.54) is 0 Å². The largest absolute Gasteiger partial charge is 0.492 e. The average molecular weight is 432 g/mol.